The Labute approximate surface area is 85.1 Å². The molecule has 72 valence electrons. The zero-order chi connectivity index (χ0) is 10.1. The summed E-state index contributed by atoms with van der Waals surface area (Å²) in [6.07, 6.45) is 3.31. The van der Waals surface area contributed by atoms with Crippen molar-refractivity contribution in [3.05, 3.63) is 35.4 Å². The van der Waals surface area contributed by atoms with Crippen LogP contribution in [0, 0.1) is 0 Å². The van der Waals surface area contributed by atoms with Crippen LogP contribution in [-0.4, -0.2) is 22.5 Å². The molecule has 0 N–H and O–H groups in total. The van der Waals surface area contributed by atoms with E-state index < -0.39 is 5.97 Å². The van der Waals surface area contributed by atoms with Gasteiger partial charge in [0.05, 0.1) is 18.2 Å². The molecule has 0 atom stereocenters. The molecule has 0 aliphatic carbocycles. The van der Waals surface area contributed by atoms with Gasteiger partial charge in [0.2, 0.25) is 0 Å². The maximum absolute atomic E-state index is 11.4. The quantitative estimate of drug-likeness (QED) is 0.674. The van der Waals surface area contributed by atoms with Crippen LogP contribution in [0.2, 0.25) is 5.15 Å². The third kappa shape index (κ3) is 1.24. The average molecular weight is 211 g/mol. The number of methoxy groups -OCH3 is 1. The molecule has 0 bridgehead atoms. The van der Waals surface area contributed by atoms with Crippen LogP contribution >= 0.6 is 11.6 Å². The van der Waals surface area contributed by atoms with Crippen LogP contribution < -0.4 is 0 Å². The van der Waals surface area contributed by atoms with E-state index in [1.165, 1.54) is 7.11 Å². The zero-order valence-electron chi connectivity index (χ0n) is 7.40. The highest BCUT2D eigenvalue weighted by Crippen LogP contribution is 2.19. The Bertz CT molecular complexity index is 493. The van der Waals surface area contributed by atoms with Crippen LogP contribution in [0.15, 0.2) is 24.7 Å². The topological polar surface area (TPSA) is 43.6 Å². The Morgan fingerprint density at radius 1 is 1.64 bits per heavy atom. The predicted octanol–water partition coefficient (Wildman–Crippen LogP) is 1.77. The van der Waals surface area contributed by atoms with Gasteiger partial charge in [0.1, 0.15) is 6.33 Å². The van der Waals surface area contributed by atoms with Crippen molar-refractivity contribution in [1.29, 1.82) is 0 Å². The first kappa shape index (κ1) is 9.02. The second-order valence-electron chi connectivity index (χ2n) is 2.70. The van der Waals surface area contributed by atoms with Gasteiger partial charge < -0.3 is 9.14 Å². The maximum atomic E-state index is 11.4. The summed E-state index contributed by atoms with van der Waals surface area (Å²) in [5.41, 5.74) is 0.985. The smallest absolute Gasteiger partial charge is 0.340 e. The van der Waals surface area contributed by atoms with E-state index in [4.69, 9.17) is 11.6 Å². The standard InChI is InChI=1S/C9H7ClN2O2/c1-14-9(13)6-3-2-4-12-5-11-8(10)7(6)12/h2-5H,1H3. The molecule has 0 saturated carbocycles. The maximum Gasteiger partial charge on any atom is 0.340 e. The fourth-order valence-electron chi connectivity index (χ4n) is 1.29. The van der Waals surface area contributed by atoms with Gasteiger partial charge in [-0.05, 0) is 12.1 Å². The number of fused-ring (bicyclic) bond motifs is 1. The molecule has 2 aromatic rings. The van der Waals surface area contributed by atoms with Crippen molar-refractivity contribution in [3.8, 4) is 0 Å². The van der Waals surface area contributed by atoms with Crippen molar-refractivity contribution in [2.45, 2.75) is 0 Å². The molecule has 0 saturated heterocycles. The Hall–Kier alpha value is -1.55. The minimum absolute atomic E-state index is 0.297. The lowest BCUT2D eigenvalue weighted by molar-refractivity contribution is 0.0602. The number of rotatable bonds is 1. The van der Waals surface area contributed by atoms with Gasteiger partial charge >= 0.3 is 5.97 Å². The van der Waals surface area contributed by atoms with Crippen LogP contribution in [0.5, 0.6) is 0 Å². The second kappa shape index (κ2) is 3.31. The van der Waals surface area contributed by atoms with Gasteiger partial charge in [-0.3, -0.25) is 0 Å². The third-order valence-electron chi connectivity index (χ3n) is 1.92. The first-order chi connectivity index (χ1) is 6.74. The molecule has 2 heterocycles. The highest BCUT2D eigenvalue weighted by Gasteiger charge is 2.13. The SMILES string of the molecule is COC(=O)c1cccn2cnc(Cl)c12. The lowest BCUT2D eigenvalue weighted by atomic mass is 10.2. The lowest BCUT2D eigenvalue weighted by Gasteiger charge is -2.01. The van der Waals surface area contributed by atoms with Gasteiger partial charge in [0, 0.05) is 6.20 Å². The molecule has 0 aliphatic heterocycles. The van der Waals surface area contributed by atoms with Gasteiger partial charge in [0.25, 0.3) is 0 Å². The highest BCUT2D eigenvalue weighted by atomic mass is 35.5. The number of hydrogen-bond donors (Lipinski definition) is 0. The number of halogens is 1. The van der Waals surface area contributed by atoms with Gasteiger partial charge in [-0.25, -0.2) is 9.78 Å². The molecule has 0 aromatic carbocycles. The summed E-state index contributed by atoms with van der Waals surface area (Å²) in [6.45, 7) is 0. The lowest BCUT2D eigenvalue weighted by Crippen LogP contribution is -2.03. The number of nitrogens with zero attached hydrogens (tertiary/aromatic N) is 2. The molecular weight excluding hydrogens is 204 g/mol. The Morgan fingerprint density at radius 2 is 2.43 bits per heavy atom. The predicted molar refractivity (Wildman–Crippen MR) is 51.5 cm³/mol. The van der Waals surface area contributed by atoms with Crippen molar-refractivity contribution >= 4 is 23.1 Å². The van der Waals surface area contributed by atoms with E-state index in [1.54, 1.807) is 29.1 Å². The number of ether oxygens (including phenoxy) is 1. The number of imidazole rings is 1. The van der Waals surface area contributed by atoms with Gasteiger partial charge in [-0.1, -0.05) is 11.6 Å². The summed E-state index contributed by atoms with van der Waals surface area (Å²) in [7, 11) is 1.33. The molecule has 0 radical (unpaired) electrons. The van der Waals surface area contributed by atoms with E-state index in [-0.39, 0.29) is 0 Å². The third-order valence-corrected chi connectivity index (χ3v) is 2.20. The highest BCUT2D eigenvalue weighted by molar-refractivity contribution is 6.33. The van der Waals surface area contributed by atoms with E-state index >= 15 is 0 Å². The van der Waals surface area contributed by atoms with E-state index in [0.29, 0.717) is 16.2 Å². The van der Waals surface area contributed by atoms with E-state index in [2.05, 4.69) is 9.72 Å². The molecule has 0 unspecified atom stereocenters. The molecule has 0 spiro atoms. The minimum atomic E-state index is -0.419. The summed E-state index contributed by atoms with van der Waals surface area (Å²) in [6, 6.07) is 3.38. The van der Waals surface area contributed by atoms with E-state index in [1.807, 2.05) is 0 Å². The first-order valence-electron chi connectivity index (χ1n) is 3.93. The summed E-state index contributed by atoms with van der Waals surface area (Å²) < 4.78 is 6.31. The van der Waals surface area contributed by atoms with Gasteiger partial charge in [-0.15, -0.1) is 0 Å². The van der Waals surface area contributed by atoms with E-state index in [0.717, 1.165) is 0 Å². The molecule has 2 aromatic heterocycles. The van der Waals surface area contributed by atoms with Crippen LogP contribution in [0.3, 0.4) is 0 Å². The van der Waals surface area contributed by atoms with Crippen molar-refractivity contribution in [2.24, 2.45) is 0 Å². The van der Waals surface area contributed by atoms with Crippen LogP contribution in [0.25, 0.3) is 5.52 Å². The first-order valence-corrected chi connectivity index (χ1v) is 4.31. The zero-order valence-corrected chi connectivity index (χ0v) is 8.15. The van der Waals surface area contributed by atoms with Crippen molar-refractivity contribution in [3.63, 3.8) is 0 Å². The fraction of sp³-hybridized carbons (Fsp3) is 0.111. The molecule has 2 rings (SSSR count). The summed E-state index contributed by atoms with van der Waals surface area (Å²) >= 11 is 5.84. The number of esters is 1. The summed E-state index contributed by atoms with van der Waals surface area (Å²) in [4.78, 5) is 15.2. The normalized spacial score (nSPS) is 10.4. The van der Waals surface area contributed by atoms with Crippen molar-refractivity contribution < 1.29 is 9.53 Å². The monoisotopic (exact) mass is 210 g/mol. The molecule has 0 aliphatic rings. The van der Waals surface area contributed by atoms with Crippen LogP contribution in [-0.2, 0) is 4.74 Å². The molecule has 4 nitrogen and oxygen atoms in total. The van der Waals surface area contributed by atoms with Gasteiger partial charge in [-0.2, -0.15) is 0 Å². The van der Waals surface area contributed by atoms with Crippen LogP contribution in [0.1, 0.15) is 10.4 Å². The van der Waals surface area contributed by atoms with Crippen LogP contribution in [0.4, 0.5) is 0 Å². The summed E-state index contributed by atoms with van der Waals surface area (Å²) in [5, 5.41) is 0.297. The number of pyridine rings is 1. The Kier molecular flexibility index (Phi) is 2.13. The number of aromatic nitrogens is 2. The molecular formula is C9H7ClN2O2. The summed E-state index contributed by atoms with van der Waals surface area (Å²) in [5.74, 6) is -0.419. The van der Waals surface area contributed by atoms with E-state index in [9.17, 15) is 4.79 Å². The Balaban J connectivity index is 2.75. The molecule has 14 heavy (non-hydrogen) atoms. The largest absolute Gasteiger partial charge is 0.465 e. The minimum Gasteiger partial charge on any atom is -0.465 e. The number of hydrogen-bond acceptors (Lipinski definition) is 3. The van der Waals surface area contributed by atoms with Gasteiger partial charge in [0.15, 0.2) is 5.15 Å². The Morgan fingerprint density at radius 3 is 3.14 bits per heavy atom. The van der Waals surface area contributed by atoms with Crippen molar-refractivity contribution in [1.82, 2.24) is 9.38 Å². The molecule has 0 amide bonds. The average Bonchev–Trinajstić information content (AvgIpc) is 2.59. The van der Waals surface area contributed by atoms with Crippen molar-refractivity contribution in [2.75, 3.05) is 7.11 Å². The number of carbonyl (C=O) groups is 1. The fourth-order valence-corrected chi connectivity index (χ4v) is 1.53. The second-order valence-corrected chi connectivity index (χ2v) is 3.06. The molecule has 0 fully saturated rings. The molecule has 5 heteroatoms. The number of carbonyl (C=O) groups excluding carboxylic acids is 1.